The third-order valence-corrected chi connectivity index (χ3v) is 4.57. The average Bonchev–Trinajstić information content (AvgIpc) is 2.69. The molecule has 0 aliphatic rings. The lowest BCUT2D eigenvalue weighted by Gasteiger charge is -2.15. The van der Waals surface area contributed by atoms with Crippen LogP contribution in [-0.4, -0.2) is 18.3 Å². The van der Waals surface area contributed by atoms with E-state index in [4.69, 9.17) is 22.1 Å². The average molecular weight is 380 g/mol. The molecule has 0 saturated carbocycles. The topological polar surface area (TPSA) is 55.5 Å². The number of rotatable bonds is 6. The van der Waals surface area contributed by atoms with Crippen molar-refractivity contribution in [2.45, 2.75) is 6.92 Å². The van der Waals surface area contributed by atoms with E-state index in [0.29, 0.717) is 18.2 Å². The summed E-state index contributed by atoms with van der Waals surface area (Å²) in [6.45, 7) is 3.02. The largest absolute Gasteiger partial charge is 0.508 e. The molecule has 0 aliphatic carbocycles. The third-order valence-electron chi connectivity index (χ3n) is 4.32. The van der Waals surface area contributed by atoms with Gasteiger partial charge in [-0.2, -0.15) is 0 Å². The van der Waals surface area contributed by atoms with E-state index in [1.165, 1.54) is 0 Å². The highest BCUT2D eigenvalue weighted by Crippen LogP contribution is 2.34. The fraction of sp³-hybridized carbons (Fsp3) is 0.130. The number of ether oxygens (including phenoxy) is 1. The number of phenolic OH excluding ortho intramolecular Hbond substituents is 1. The molecule has 0 spiro atoms. The Morgan fingerprint density at radius 1 is 0.926 bits per heavy atom. The summed E-state index contributed by atoms with van der Waals surface area (Å²) in [6, 6.07) is 23.0. The predicted molar refractivity (Wildman–Crippen MR) is 112 cm³/mol. The fourth-order valence-corrected chi connectivity index (χ4v) is 3.12. The van der Waals surface area contributed by atoms with Crippen molar-refractivity contribution in [1.29, 1.82) is 0 Å². The van der Waals surface area contributed by atoms with Gasteiger partial charge in [-0.25, -0.2) is 0 Å². The molecule has 0 bridgehead atoms. The maximum absolute atomic E-state index is 9.87. The Kier molecular flexibility index (Phi) is 6.17. The maximum Gasteiger partial charge on any atom is 0.119 e. The smallest absolute Gasteiger partial charge is 0.119 e. The Morgan fingerprint density at radius 3 is 2.15 bits per heavy atom. The Bertz CT molecular complexity index is 931. The molecule has 0 radical (unpaired) electrons. The van der Waals surface area contributed by atoms with Crippen LogP contribution in [0.3, 0.4) is 0 Å². The SMILES string of the molecule is C/C(=C(/c1ccc(Cl)cc1)c1ccc(OCCN)cc1)c1cccc(O)c1. The second-order valence-corrected chi connectivity index (χ2v) is 6.66. The molecule has 0 unspecified atom stereocenters. The van der Waals surface area contributed by atoms with Crippen molar-refractivity contribution in [3.63, 3.8) is 0 Å². The summed E-state index contributed by atoms with van der Waals surface area (Å²) in [5, 5.41) is 10.6. The van der Waals surface area contributed by atoms with E-state index in [1.54, 1.807) is 12.1 Å². The molecule has 138 valence electrons. The van der Waals surface area contributed by atoms with Crippen molar-refractivity contribution in [3.05, 3.63) is 94.5 Å². The first-order valence-electron chi connectivity index (χ1n) is 8.78. The van der Waals surface area contributed by atoms with E-state index >= 15 is 0 Å². The summed E-state index contributed by atoms with van der Waals surface area (Å²) in [5.41, 5.74) is 10.7. The summed E-state index contributed by atoms with van der Waals surface area (Å²) < 4.78 is 5.58. The number of phenols is 1. The van der Waals surface area contributed by atoms with Gasteiger partial charge in [-0.05, 0) is 71.2 Å². The summed E-state index contributed by atoms with van der Waals surface area (Å²) >= 11 is 6.07. The van der Waals surface area contributed by atoms with Crippen molar-refractivity contribution in [1.82, 2.24) is 0 Å². The first-order valence-corrected chi connectivity index (χ1v) is 9.16. The second-order valence-electron chi connectivity index (χ2n) is 6.22. The van der Waals surface area contributed by atoms with E-state index in [1.807, 2.05) is 60.7 Å². The number of hydrogen-bond acceptors (Lipinski definition) is 3. The molecule has 0 atom stereocenters. The Morgan fingerprint density at radius 2 is 1.56 bits per heavy atom. The minimum absolute atomic E-state index is 0.243. The standard InChI is InChI=1S/C23H22ClNO2/c1-16(19-3-2-4-21(26)15-19)23(17-5-9-20(24)10-6-17)18-7-11-22(12-8-18)27-14-13-25/h2-12,15,26H,13-14,25H2,1H3/b23-16+. The van der Waals surface area contributed by atoms with E-state index in [0.717, 1.165) is 33.6 Å². The van der Waals surface area contributed by atoms with E-state index < -0.39 is 0 Å². The second kappa shape index (κ2) is 8.76. The highest BCUT2D eigenvalue weighted by molar-refractivity contribution is 6.30. The maximum atomic E-state index is 9.87. The lowest BCUT2D eigenvalue weighted by Crippen LogP contribution is -2.10. The Hall–Kier alpha value is -2.75. The van der Waals surface area contributed by atoms with Gasteiger partial charge in [-0.1, -0.05) is 48.0 Å². The first kappa shape index (κ1) is 19.0. The lowest BCUT2D eigenvalue weighted by molar-refractivity contribution is 0.328. The highest BCUT2D eigenvalue weighted by atomic mass is 35.5. The van der Waals surface area contributed by atoms with Gasteiger partial charge in [-0.3, -0.25) is 0 Å². The highest BCUT2D eigenvalue weighted by Gasteiger charge is 2.12. The summed E-state index contributed by atoms with van der Waals surface area (Å²) in [7, 11) is 0. The molecule has 3 aromatic rings. The monoisotopic (exact) mass is 379 g/mol. The summed E-state index contributed by atoms with van der Waals surface area (Å²) in [6.07, 6.45) is 0. The van der Waals surface area contributed by atoms with Crippen LogP contribution in [-0.2, 0) is 0 Å². The number of aromatic hydroxyl groups is 1. The van der Waals surface area contributed by atoms with Gasteiger partial charge in [0.15, 0.2) is 0 Å². The van der Waals surface area contributed by atoms with E-state index in [-0.39, 0.29) is 5.75 Å². The van der Waals surface area contributed by atoms with Crippen molar-refractivity contribution >= 4 is 22.7 Å². The van der Waals surface area contributed by atoms with Gasteiger partial charge in [0.1, 0.15) is 18.1 Å². The van der Waals surface area contributed by atoms with Crippen LogP contribution in [0.2, 0.25) is 5.02 Å². The minimum Gasteiger partial charge on any atom is -0.508 e. The minimum atomic E-state index is 0.243. The van der Waals surface area contributed by atoms with Gasteiger partial charge in [0, 0.05) is 11.6 Å². The Balaban J connectivity index is 2.10. The molecule has 4 heteroatoms. The van der Waals surface area contributed by atoms with Gasteiger partial charge in [0.25, 0.3) is 0 Å². The Labute approximate surface area is 164 Å². The van der Waals surface area contributed by atoms with Crippen LogP contribution in [0.15, 0.2) is 72.8 Å². The molecule has 3 aromatic carbocycles. The molecule has 3 rings (SSSR count). The zero-order valence-electron chi connectivity index (χ0n) is 15.2. The van der Waals surface area contributed by atoms with Gasteiger partial charge < -0.3 is 15.6 Å². The van der Waals surface area contributed by atoms with Crippen LogP contribution in [0, 0.1) is 0 Å². The third kappa shape index (κ3) is 4.70. The molecule has 0 aromatic heterocycles. The van der Waals surface area contributed by atoms with Crippen molar-refractivity contribution < 1.29 is 9.84 Å². The van der Waals surface area contributed by atoms with Crippen LogP contribution in [0.25, 0.3) is 11.1 Å². The van der Waals surface area contributed by atoms with Crippen LogP contribution in [0.5, 0.6) is 11.5 Å². The van der Waals surface area contributed by atoms with Crippen LogP contribution in [0.4, 0.5) is 0 Å². The van der Waals surface area contributed by atoms with Gasteiger partial charge in [0.2, 0.25) is 0 Å². The normalized spacial score (nSPS) is 11.8. The zero-order valence-corrected chi connectivity index (χ0v) is 15.9. The van der Waals surface area contributed by atoms with Crippen LogP contribution in [0.1, 0.15) is 23.6 Å². The fourth-order valence-electron chi connectivity index (χ4n) is 2.99. The summed E-state index contributed by atoms with van der Waals surface area (Å²) in [4.78, 5) is 0. The first-order chi connectivity index (χ1) is 13.1. The number of nitrogens with two attached hydrogens (primary N) is 1. The molecule has 3 N–H and O–H groups in total. The molecule has 0 saturated heterocycles. The molecule has 0 fully saturated rings. The van der Waals surface area contributed by atoms with E-state index in [2.05, 4.69) is 6.92 Å². The lowest BCUT2D eigenvalue weighted by atomic mass is 9.90. The van der Waals surface area contributed by atoms with Crippen molar-refractivity contribution in [2.24, 2.45) is 5.73 Å². The molecular formula is C23H22ClNO2. The quantitative estimate of drug-likeness (QED) is 0.566. The molecule has 27 heavy (non-hydrogen) atoms. The van der Waals surface area contributed by atoms with Gasteiger partial charge in [0.05, 0.1) is 0 Å². The predicted octanol–water partition coefficient (Wildman–Crippen LogP) is 5.36. The zero-order chi connectivity index (χ0) is 19.2. The number of hydrogen-bond donors (Lipinski definition) is 2. The van der Waals surface area contributed by atoms with Crippen LogP contribution < -0.4 is 10.5 Å². The van der Waals surface area contributed by atoms with E-state index in [9.17, 15) is 5.11 Å². The van der Waals surface area contributed by atoms with Crippen molar-refractivity contribution in [3.8, 4) is 11.5 Å². The van der Waals surface area contributed by atoms with Crippen molar-refractivity contribution in [2.75, 3.05) is 13.2 Å². The van der Waals surface area contributed by atoms with Crippen LogP contribution >= 0.6 is 11.6 Å². The molecule has 3 nitrogen and oxygen atoms in total. The van der Waals surface area contributed by atoms with Gasteiger partial charge >= 0.3 is 0 Å². The van der Waals surface area contributed by atoms with Gasteiger partial charge in [-0.15, -0.1) is 0 Å². The molecule has 0 heterocycles. The number of halogens is 1. The molecule has 0 aliphatic heterocycles. The molecular weight excluding hydrogens is 358 g/mol. The summed E-state index contributed by atoms with van der Waals surface area (Å²) in [5.74, 6) is 1.03. The molecule has 0 amide bonds. The number of benzene rings is 3. The number of allylic oxidation sites excluding steroid dienone is 1.